The first-order chi connectivity index (χ1) is 12.1. The third-order valence-corrected chi connectivity index (χ3v) is 5.20. The summed E-state index contributed by atoms with van der Waals surface area (Å²) in [6.45, 7) is 3.29. The fraction of sp³-hybridized carbons (Fsp3) is 0.333. The second kappa shape index (κ2) is 6.40. The topological polar surface area (TPSA) is 52.4 Å². The van der Waals surface area contributed by atoms with Crippen LogP contribution >= 0.6 is 11.3 Å². The number of para-hydroxylation sites is 2. The number of benzene rings is 1. The number of aromatic nitrogens is 3. The standard InChI is InChI=1S/C18H20N4O2S/c1-12-8-9-16(25-12)17-19-20-18(22(17)3)21(2)10-13-11-23-14-6-4-5-7-15(14)24-13/h4-9,13H,10-11H2,1-3H3. The second-order valence-corrected chi connectivity index (χ2v) is 7.46. The quantitative estimate of drug-likeness (QED) is 0.719. The van der Waals surface area contributed by atoms with Crippen LogP contribution in [0.25, 0.3) is 10.7 Å². The molecule has 1 unspecified atom stereocenters. The molecule has 0 saturated carbocycles. The Kier molecular flexibility index (Phi) is 4.09. The number of hydrogen-bond donors (Lipinski definition) is 0. The molecule has 25 heavy (non-hydrogen) atoms. The van der Waals surface area contributed by atoms with E-state index in [-0.39, 0.29) is 6.10 Å². The molecule has 4 rings (SSSR count). The molecular formula is C18H20N4O2S. The van der Waals surface area contributed by atoms with E-state index in [0.717, 1.165) is 28.1 Å². The van der Waals surface area contributed by atoms with Gasteiger partial charge in [-0.3, -0.25) is 4.57 Å². The van der Waals surface area contributed by atoms with E-state index < -0.39 is 0 Å². The Hall–Kier alpha value is -2.54. The Labute approximate surface area is 150 Å². The van der Waals surface area contributed by atoms with Crippen LogP contribution < -0.4 is 14.4 Å². The molecule has 0 fully saturated rings. The smallest absolute Gasteiger partial charge is 0.227 e. The summed E-state index contributed by atoms with van der Waals surface area (Å²) in [5, 5.41) is 8.72. The Morgan fingerprint density at radius 1 is 1.20 bits per heavy atom. The number of hydrogen-bond acceptors (Lipinski definition) is 6. The summed E-state index contributed by atoms with van der Waals surface area (Å²) in [6, 6.07) is 11.9. The van der Waals surface area contributed by atoms with E-state index in [1.54, 1.807) is 11.3 Å². The molecule has 0 spiro atoms. The van der Waals surface area contributed by atoms with Gasteiger partial charge in [0.2, 0.25) is 5.95 Å². The van der Waals surface area contributed by atoms with Crippen molar-refractivity contribution in [1.82, 2.24) is 14.8 Å². The average molecular weight is 356 g/mol. The SMILES string of the molecule is Cc1ccc(-c2nnc(N(C)CC3COc4ccccc4O3)n2C)s1. The minimum atomic E-state index is -0.0518. The number of likely N-dealkylation sites (N-methyl/N-ethyl adjacent to an activating group) is 1. The lowest BCUT2D eigenvalue weighted by Gasteiger charge is -2.29. The summed E-state index contributed by atoms with van der Waals surface area (Å²) in [6.07, 6.45) is -0.0518. The molecular weight excluding hydrogens is 336 g/mol. The molecule has 0 N–H and O–H groups in total. The summed E-state index contributed by atoms with van der Waals surface area (Å²) >= 11 is 1.72. The summed E-state index contributed by atoms with van der Waals surface area (Å²) in [5.41, 5.74) is 0. The van der Waals surface area contributed by atoms with Gasteiger partial charge in [-0.25, -0.2) is 0 Å². The van der Waals surface area contributed by atoms with Crippen LogP contribution in [0.2, 0.25) is 0 Å². The van der Waals surface area contributed by atoms with Crippen LogP contribution in [0.3, 0.4) is 0 Å². The van der Waals surface area contributed by atoms with Crippen LogP contribution in [0.5, 0.6) is 11.5 Å². The van der Waals surface area contributed by atoms with Crippen molar-refractivity contribution in [3.8, 4) is 22.2 Å². The molecule has 1 aromatic carbocycles. The number of aryl methyl sites for hydroxylation is 1. The van der Waals surface area contributed by atoms with Crippen molar-refractivity contribution in [2.45, 2.75) is 13.0 Å². The molecule has 1 atom stereocenters. The third-order valence-electron chi connectivity index (χ3n) is 4.20. The van der Waals surface area contributed by atoms with Crippen molar-refractivity contribution in [3.05, 3.63) is 41.3 Å². The molecule has 7 heteroatoms. The minimum absolute atomic E-state index is 0.0518. The lowest BCUT2D eigenvalue weighted by molar-refractivity contribution is 0.0957. The summed E-state index contributed by atoms with van der Waals surface area (Å²) < 4.78 is 13.8. The Bertz CT molecular complexity index is 889. The van der Waals surface area contributed by atoms with Gasteiger partial charge in [0.15, 0.2) is 23.4 Å². The van der Waals surface area contributed by atoms with Crippen molar-refractivity contribution in [1.29, 1.82) is 0 Å². The predicted molar refractivity (Wildman–Crippen MR) is 98.7 cm³/mol. The number of ether oxygens (including phenoxy) is 2. The molecule has 0 aliphatic carbocycles. The maximum Gasteiger partial charge on any atom is 0.227 e. The van der Waals surface area contributed by atoms with E-state index in [4.69, 9.17) is 9.47 Å². The first kappa shape index (κ1) is 16.0. The van der Waals surface area contributed by atoms with E-state index in [9.17, 15) is 0 Å². The van der Waals surface area contributed by atoms with Crippen molar-refractivity contribution in [3.63, 3.8) is 0 Å². The van der Waals surface area contributed by atoms with Gasteiger partial charge in [0, 0.05) is 19.0 Å². The summed E-state index contributed by atoms with van der Waals surface area (Å²) in [7, 11) is 3.99. The number of rotatable bonds is 4. The predicted octanol–water partition coefficient (Wildman–Crippen LogP) is 3.13. The van der Waals surface area contributed by atoms with E-state index in [1.165, 1.54) is 4.88 Å². The zero-order valence-electron chi connectivity index (χ0n) is 14.5. The highest BCUT2D eigenvalue weighted by molar-refractivity contribution is 7.15. The van der Waals surface area contributed by atoms with Crippen molar-refractivity contribution >= 4 is 17.3 Å². The van der Waals surface area contributed by atoms with Crippen molar-refractivity contribution in [2.75, 3.05) is 25.1 Å². The molecule has 1 aliphatic rings. The van der Waals surface area contributed by atoms with E-state index in [2.05, 4.69) is 34.2 Å². The van der Waals surface area contributed by atoms with Gasteiger partial charge in [0.05, 0.1) is 11.4 Å². The van der Waals surface area contributed by atoms with Crippen LogP contribution in [0.4, 0.5) is 5.95 Å². The van der Waals surface area contributed by atoms with Crippen molar-refractivity contribution in [2.24, 2.45) is 7.05 Å². The first-order valence-corrected chi connectivity index (χ1v) is 8.99. The van der Waals surface area contributed by atoms with E-state index in [0.29, 0.717) is 13.2 Å². The normalized spacial score (nSPS) is 16.0. The number of thiophene rings is 1. The largest absolute Gasteiger partial charge is 0.486 e. The second-order valence-electron chi connectivity index (χ2n) is 6.17. The number of anilines is 1. The van der Waals surface area contributed by atoms with E-state index in [1.807, 2.05) is 42.9 Å². The summed E-state index contributed by atoms with van der Waals surface area (Å²) in [5.74, 6) is 3.28. The molecule has 0 amide bonds. The van der Waals surface area contributed by atoms with Gasteiger partial charge >= 0.3 is 0 Å². The molecule has 6 nitrogen and oxygen atoms in total. The molecule has 3 aromatic rings. The molecule has 0 bridgehead atoms. The molecule has 3 heterocycles. The highest BCUT2D eigenvalue weighted by Gasteiger charge is 2.24. The Balaban J connectivity index is 1.49. The van der Waals surface area contributed by atoms with Gasteiger partial charge in [-0.1, -0.05) is 12.1 Å². The third kappa shape index (κ3) is 3.07. The molecule has 2 aromatic heterocycles. The molecule has 0 saturated heterocycles. The van der Waals surface area contributed by atoms with Crippen LogP contribution in [-0.2, 0) is 7.05 Å². The van der Waals surface area contributed by atoms with Crippen LogP contribution in [0, 0.1) is 6.92 Å². The lowest BCUT2D eigenvalue weighted by Crippen LogP contribution is -2.40. The van der Waals surface area contributed by atoms with Gasteiger partial charge in [0.25, 0.3) is 0 Å². The number of fused-ring (bicyclic) bond motifs is 1. The van der Waals surface area contributed by atoms with Gasteiger partial charge < -0.3 is 14.4 Å². The highest BCUT2D eigenvalue weighted by Crippen LogP contribution is 2.32. The van der Waals surface area contributed by atoms with Gasteiger partial charge in [0.1, 0.15) is 6.61 Å². The summed E-state index contributed by atoms with van der Waals surface area (Å²) in [4.78, 5) is 4.44. The fourth-order valence-corrected chi connectivity index (χ4v) is 3.85. The van der Waals surface area contributed by atoms with Gasteiger partial charge in [-0.05, 0) is 31.2 Å². The molecule has 0 radical (unpaired) electrons. The maximum absolute atomic E-state index is 6.04. The maximum atomic E-state index is 6.04. The van der Waals surface area contributed by atoms with E-state index >= 15 is 0 Å². The average Bonchev–Trinajstić information content (AvgIpc) is 3.20. The monoisotopic (exact) mass is 356 g/mol. The minimum Gasteiger partial charge on any atom is -0.486 e. The number of nitrogens with zero attached hydrogens (tertiary/aromatic N) is 4. The lowest BCUT2D eigenvalue weighted by atomic mass is 10.2. The van der Waals surface area contributed by atoms with Gasteiger partial charge in [-0.15, -0.1) is 21.5 Å². The van der Waals surface area contributed by atoms with Crippen LogP contribution in [0.1, 0.15) is 4.88 Å². The Morgan fingerprint density at radius 3 is 2.76 bits per heavy atom. The highest BCUT2D eigenvalue weighted by atomic mass is 32.1. The molecule has 130 valence electrons. The zero-order chi connectivity index (χ0) is 17.4. The fourth-order valence-electron chi connectivity index (χ4n) is 2.96. The molecule has 1 aliphatic heterocycles. The zero-order valence-corrected chi connectivity index (χ0v) is 15.3. The van der Waals surface area contributed by atoms with Gasteiger partial charge in [-0.2, -0.15) is 0 Å². The van der Waals surface area contributed by atoms with Crippen molar-refractivity contribution < 1.29 is 9.47 Å². The van der Waals surface area contributed by atoms with Crippen LogP contribution in [0.15, 0.2) is 36.4 Å². The Morgan fingerprint density at radius 2 is 2.00 bits per heavy atom. The van der Waals surface area contributed by atoms with Crippen LogP contribution in [-0.4, -0.2) is 41.1 Å². The first-order valence-electron chi connectivity index (χ1n) is 8.17.